The predicted octanol–water partition coefficient (Wildman–Crippen LogP) is 1.53. The predicted molar refractivity (Wildman–Crippen MR) is 84.8 cm³/mol. The van der Waals surface area contributed by atoms with Crippen molar-refractivity contribution in [1.29, 1.82) is 0 Å². The molecule has 2 aromatic rings. The van der Waals surface area contributed by atoms with Crippen LogP contribution in [0.4, 0.5) is 0 Å². The van der Waals surface area contributed by atoms with Crippen molar-refractivity contribution in [3.63, 3.8) is 0 Å². The van der Waals surface area contributed by atoms with Crippen molar-refractivity contribution in [2.75, 3.05) is 33.7 Å². The summed E-state index contributed by atoms with van der Waals surface area (Å²) in [5.74, 6) is 0.672. The van der Waals surface area contributed by atoms with E-state index in [2.05, 4.69) is 29.2 Å². The third-order valence-corrected chi connectivity index (χ3v) is 4.34. The average Bonchev–Trinajstić information content (AvgIpc) is 3.01. The summed E-state index contributed by atoms with van der Waals surface area (Å²) >= 11 is 0. The number of nitrogens with zero attached hydrogens (tertiary/aromatic N) is 5. The van der Waals surface area contributed by atoms with Gasteiger partial charge in [0.25, 0.3) is 5.91 Å². The highest BCUT2D eigenvalue weighted by atomic mass is 16.2. The number of pyridine rings is 1. The lowest BCUT2D eigenvalue weighted by atomic mass is 9.94. The zero-order chi connectivity index (χ0) is 15.5. The Kier molecular flexibility index (Phi) is 4.38. The summed E-state index contributed by atoms with van der Waals surface area (Å²) in [7, 11) is 4.19. The van der Waals surface area contributed by atoms with Crippen LogP contribution in [0.25, 0.3) is 5.65 Å². The Morgan fingerprint density at radius 1 is 1.45 bits per heavy atom. The number of aromatic nitrogens is 3. The molecule has 1 fully saturated rings. The molecule has 0 bridgehead atoms. The Balaban J connectivity index is 1.73. The van der Waals surface area contributed by atoms with Crippen molar-refractivity contribution in [3.05, 3.63) is 30.2 Å². The molecule has 3 rings (SSSR count). The lowest BCUT2D eigenvalue weighted by Crippen LogP contribution is -2.40. The first-order valence-corrected chi connectivity index (χ1v) is 7.87. The summed E-state index contributed by atoms with van der Waals surface area (Å²) in [6.45, 7) is 2.76. The Morgan fingerprint density at radius 2 is 2.32 bits per heavy atom. The SMILES string of the molecule is CN(C)CCC1CCCN(C(=O)c2cccn3cnnc23)C1. The minimum Gasteiger partial charge on any atom is -0.338 e. The van der Waals surface area contributed by atoms with E-state index in [-0.39, 0.29) is 5.91 Å². The van der Waals surface area contributed by atoms with E-state index in [0.717, 1.165) is 32.5 Å². The highest BCUT2D eigenvalue weighted by molar-refractivity contribution is 5.99. The van der Waals surface area contributed by atoms with Gasteiger partial charge in [0.2, 0.25) is 0 Å². The fourth-order valence-corrected chi connectivity index (χ4v) is 3.11. The van der Waals surface area contributed by atoms with E-state index in [1.165, 1.54) is 6.42 Å². The molecule has 6 nitrogen and oxygen atoms in total. The van der Waals surface area contributed by atoms with Crippen molar-refractivity contribution >= 4 is 11.6 Å². The maximum absolute atomic E-state index is 12.8. The van der Waals surface area contributed by atoms with Gasteiger partial charge in [0, 0.05) is 19.3 Å². The molecule has 6 heteroatoms. The van der Waals surface area contributed by atoms with Gasteiger partial charge in [-0.2, -0.15) is 0 Å². The van der Waals surface area contributed by atoms with E-state index < -0.39 is 0 Å². The van der Waals surface area contributed by atoms with E-state index in [1.807, 2.05) is 23.2 Å². The van der Waals surface area contributed by atoms with Gasteiger partial charge in [0.15, 0.2) is 5.65 Å². The van der Waals surface area contributed by atoms with Gasteiger partial charge in [-0.1, -0.05) is 0 Å². The molecule has 0 aromatic carbocycles. The van der Waals surface area contributed by atoms with Crippen LogP contribution in [-0.2, 0) is 0 Å². The van der Waals surface area contributed by atoms with Gasteiger partial charge in [-0.3, -0.25) is 9.20 Å². The molecule has 2 aromatic heterocycles. The van der Waals surface area contributed by atoms with E-state index >= 15 is 0 Å². The van der Waals surface area contributed by atoms with Crippen LogP contribution in [0.1, 0.15) is 29.6 Å². The van der Waals surface area contributed by atoms with Crippen LogP contribution in [0.3, 0.4) is 0 Å². The normalized spacial score (nSPS) is 19.0. The number of amides is 1. The quantitative estimate of drug-likeness (QED) is 0.859. The van der Waals surface area contributed by atoms with Gasteiger partial charge < -0.3 is 9.80 Å². The monoisotopic (exact) mass is 301 g/mol. The van der Waals surface area contributed by atoms with E-state index in [1.54, 1.807) is 10.7 Å². The molecule has 1 saturated heterocycles. The fourth-order valence-electron chi connectivity index (χ4n) is 3.11. The maximum atomic E-state index is 12.8. The largest absolute Gasteiger partial charge is 0.338 e. The number of carbonyl (C=O) groups is 1. The Morgan fingerprint density at radius 3 is 3.14 bits per heavy atom. The fraction of sp³-hybridized carbons (Fsp3) is 0.562. The molecule has 0 radical (unpaired) electrons. The molecule has 0 saturated carbocycles. The van der Waals surface area contributed by atoms with E-state index in [9.17, 15) is 4.79 Å². The molecule has 0 N–H and O–H groups in total. The molecule has 1 aliphatic heterocycles. The third kappa shape index (κ3) is 3.11. The first kappa shape index (κ1) is 15.0. The molecular formula is C16H23N5O. The second-order valence-corrected chi connectivity index (χ2v) is 6.34. The lowest BCUT2D eigenvalue weighted by Gasteiger charge is -2.33. The molecule has 1 aliphatic rings. The molecule has 118 valence electrons. The summed E-state index contributed by atoms with van der Waals surface area (Å²) in [5.41, 5.74) is 1.29. The lowest BCUT2D eigenvalue weighted by molar-refractivity contribution is 0.0665. The molecule has 22 heavy (non-hydrogen) atoms. The molecule has 0 aliphatic carbocycles. The summed E-state index contributed by atoms with van der Waals surface area (Å²) < 4.78 is 1.79. The number of piperidine rings is 1. The van der Waals surface area contributed by atoms with Gasteiger partial charge >= 0.3 is 0 Å². The number of fused-ring (bicyclic) bond motifs is 1. The van der Waals surface area contributed by atoms with Gasteiger partial charge in [-0.15, -0.1) is 10.2 Å². The van der Waals surface area contributed by atoms with Crippen molar-refractivity contribution in [3.8, 4) is 0 Å². The molecule has 1 amide bonds. The Labute approximate surface area is 130 Å². The first-order valence-electron chi connectivity index (χ1n) is 7.87. The molecule has 0 spiro atoms. The van der Waals surface area contributed by atoms with Gasteiger partial charge in [-0.05, 0) is 58.0 Å². The molecule has 3 heterocycles. The van der Waals surface area contributed by atoms with Crippen LogP contribution in [0.2, 0.25) is 0 Å². The van der Waals surface area contributed by atoms with Crippen LogP contribution in [0.15, 0.2) is 24.7 Å². The molecule has 1 unspecified atom stereocenters. The number of rotatable bonds is 4. The zero-order valence-corrected chi connectivity index (χ0v) is 13.3. The standard InChI is InChI=1S/C16H23N5O/c1-19(2)10-7-13-5-3-8-20(11-13)16(22)14-6-4-9-21-12-17-18-15(14)21/h4,6,9,12-13H,3,5,7-8,10-11H2,1-2H3. The molecule has 1 atom stereocenters. The smallest absolute Gasteiger partial charge is 0.257 e. The van der Waals surface area contributed by atoms with E-state index in [0.29, 0.717) is 17.1 Å². The topological polar surface area (TPSA) is 53.7 Å². The van der Waals surface area contributed by atoms with Crippen molar-refractivity contribution in [1.82, 2.24) is 24.4 Å². The van der Waals surface area contributed by atoms with Crippen molar-refractivity contribution in [2.45, 2.75) is 19.3 Å². The van der Waals surface area contributed by atoms with Gasteiger partial charge in [-0.25, -0.2) is 0 Å². The number of hydrogen-bond acceptors (Lipinski definition) is 4. The number of hydrogen-bond donors (Lipinski definition) is 0. The van der Waals surface area contributed by atoms with Gasteiger partial charge in [0.05, 0.1) is 5.56 Å². The summed E-state index contributed by atoms with van der Waals surface area (Å²) in [5, 5.41) is 7.96. The third-order valence-electron chi connectivity index (χ3n) is 4.34. The van der Waals surface area contributed by atoms with Crippen LogP contribution in [-0.4, -0.2) is 64.0 Å². The number of carbonyl (C=O) groups excluding carboxylic acids is 1. The highest BCUT2D eigenvalue weighted by Crippen LogP contribution is 2.22. The molecular weight excluding hydrogens is 278 g/mol. The Hall–Kier alpha value is -1.95. The summed E-state index contributed by atoms with van der Waals surface area (Å²) in [6.07, 6.45) is 6.93. The average molecular weight is 301 g/mol. The summed E-state index contributed by atoms with van der Waals surface area (Å²) in [6, 6.07) is 3.72. The van der Waals surface area contributed by atoms with Crippen molar-refractivity contribution < 1.29 is 4.79 Å². The zero-order valence-electron chi connectivity index (χ0n) is 13.3. The highest BCUT2D eigenvalue weighted by Gasteiger charge is 2.26. The summed E-state index contributed by atoms with van der Waals surface area (Å²) in [4.78, 5) is 17.0. The van der Waals surface area contributed by atoms with Crippen LogP contribution < -0.4 is 0 Å². The minimum absolute atomic E-state index is 0.0770. The maximum Gasteiger partial charge on any atom is 0.257 e. The Bertz CT molecular complexity index is 651. The van der Waals surface area contributed by atoms with Crippen LogP contribution >= 0.6 is 0 Å². The van der Waals surface area contributed by atoms with Crippen LogP contribution in [0.5, 0.6) is 0 Å². The second-order valence-electron chi connectivity index (χ2n) is 6.34. The van der Waals surface area contributed by atoms with E-state index in [4.69, 9.17) is 0 Å². The van der Waals surface area contributed by atoms with Crippen molar-refractivity contribution in [2.24, 2.45) is 5.92 Å². The first-order chi connectivity index (χ1) is 10.6. The van der Waals surface area contributed by atoms with Gasteiger partial charge in [0.1, 0.15) is 6.33 Å². The van der Waals surface area contributed by atoms with Crippen LogP contribution in [0, 0.1) is 5.92 Å². The number of likely N-dealkylation sites (tertiary alicyclic amines) is 1. The second kappa shape index (κ2) is 6.44. The minimum atomic E-state index is 0.0770.